The van der Waals surface area contributed by atoms with Gasteiger partial charge in [-0.15, -0.1) is 6.42 Å². The van der Waals surface area contributed by atoms with E-state index in [1.165, 1.54) is 25.7 Å². The van der Waals surface area contributed by atoms with Gasteiger partial charge in [0.25, 0.3) is 0 Å². The molecule has 0 N–H and O–H groups in total. The van der Waals surface area contributed by atoms with Gasteiger partial charge < -0.3 is 9.80 Å². The number of anilines is 2. The maximum Gasteiger partial charge on any atom is 0.206 e. The van der Waals surface area contributed by atoms with Gasteiger partial charge in [-0.1, -0.05) is 0 Å². The van der Waals surface area contributed by atoms with Crippen molar-refractivity contribution in [1.82, 2.24) is 19.9 Å². The van der Waals surface area contributed by atoms with Crippen LogP contribution in [0.5, 0.6) is 0 Å². The summed E-state index contributed by atoms with van der Waals surface area (Å²) in [7, 11) is 0. The Morgan fingerprint density at radius 3 is 1.96 bits per heavy atom. The number of aromatic nitrogens is 4. The summed E-state index contributed by atoms with van der Waals surface area (Å²) in [5.41, 5.74) is 1.91. The largest absolute Gasteiger partial charge is 0.356 e. The molecule has 2 aromatic rings. The van der Waals surface area contributed by atoms with E-state index in [-0.39, 0.29) is 0 Å². The summed E-state index contributed by atoms with van der Waals surface area (Å²) in [6, 6.07) is 2.04. The zero-order valence-corrected chi connectivity index (χ0v) is 16.8. The fourth-order valence-electron chi connectivity index (χ4n) is 4.53. The van der Waals surface area contributed by atoms with Gasteiger partial charge in [0.05, 0.1) is 18.1 Å². The molecule has 146 valence electrons. The molecule has 4 heterocycles. The van der Waals surface area contributed by atoms with E-state index < -0.39 is 0 Å². The lowest BCUT2D eigenvalue weighted by molar-refractivity contribution is 0.232. The smallest absolute Gasteiger partial charge is 0.206 e. The van der Waals surface area contributed by atoms with Crippen molar-refractivity contribution in [2.24, 2.45) is 11.8 Å². The number of aryl methyl sites for hydroxylation is 2. The monoisotopic (exact) mass is 376 g/mol. The number of rotatable bonds is 3. The zero-order chi connectivity index (χ0) is 19.5. The molecule has 2 aliphatic heterocycles. The molecule has 0 aromatic carbocycles. The molecular formula is C22H28N6. The Kier molecular flexibility index (Phi) is 5.43. The second kappa shape index (κ2) is 8.14. The molecule has 6 heteroatoms. The van der Waals surface area contributed by atoms with Gasteiger partial charge >= 0.3 is 0 Å². The number of hydrogen-bond acceptors (Lipinski definition) is 6. The van der Waals surface area contributed by atoms with E-state index in [2.05, 4.69) is 35.7 Å². The molecule has 4 rings (SSSR count). The van der Waals surface area contributed by atoms with Crippen LogP contribution in [0.25, 0.3) is 0 Å². The lowest BCUT2D eigenvalue weighted by Gasteiger charge is -2.40. The van der Waals surface area contributed by atoms with Crippen molar-refractivity contribution in [1.29, 1.82) is 0 Å². The van der Waals surface area contributed by atoms with E-state index in [0.717, 1.165) is 61.0 Å². The van der Waals surface area contributed by atoms with Crippen LogP contribution in [0, 0.1) is 38.0 Å². The molecule has 0 atom stereocenters. The molecule has 0 amide bonds. The van der Waals surface area contributed by atoms with Crippen molar-refractivity contribution < 1.29 is 0 Å². The molecule has 2 fully saturated rings. The minimum Gasteiger partial charge on any atom is -0.356 e. The van der Waals surface area contributed by atoms with Crippen molar-refractivity contribution in [3.63, 3.8) is 0 Å². The first kappa shape index (κ1) is 18.7. The van der Waals surface area contributed by atoms with Crippen LogP contribution in [-0.4, -0.2) is 46.1 Å². The van der Waals surface area contributed by atoms with Gasteiger partial charge in [-0.3, -0.25) is 4.98 Å². The predicted molar refractivity (Wildman–Crippen MR) is 111 cm³/mol. The fraction of sp³-hybridized carbons (Fsp3) is 0.545. The molecule has 2 aliphatic rings. The molecule has 0 bridgehead atoms. The Hall–Kier alpha value is -2.68. The first-order valence-electron chi connectivity index (χ1n) is 10.2. The van der Waals surface area contributed by atoms with Crippen LogP contribution in [0.2, 0.25) is 0 Å². The molecule has 0 spiro atoms. The van der Waals surface area contributed by atoms with Crippen molar-refractivity contribution in [3.8, 4) is 12.3 Å². The van der Waals surface area contributed by atoms with Gasteiger partial charge in [-0.2, -0.15) is 0 Å². The Balaban J connectivity index is 1.31. The van der Waals surface area contributed by atoms with Gasteiger partial charge in [0.15, 0.2) is 0 Å². The SMILES string of the molecule is C#Cc1nc(C)cc(N2CCC(C3CCN(c4cnc(C)cn4)CC3)CC2)n1. The zero-order valence-electron chi connectivity index (χ0n) is 16.8. The summed E-state index contributed by atoms with van der Waals surface area (Å²) in [5, 5.41) is 0. The molecule has 0 saturated carbocycles. The normalized spacial score (nSPS) is 18.9. The fourth-order valence-corrected chi connectivity index (χ4v) is 4.53. The Bertz CT molecular complexity index is 840. The lowest BCUT2D eigenvalue weighted by Crippen LogP contribution is -2.41. The third-order valence-corrected chi connectivity index (χ3v) is 6.13. The van der Waals surface area contributed by atoms with Crippen molar-refractivity contribution in [2.75, 3.05) is 36.0 Å². The standard InChI is InChI=1S/C22H28N6/c1-4-20-25-16(2)13-21(26-20)27-9-5-18(6-10-27)19-7-11-28(12-8-19)22-15-23-17(3)14-24-22/h1,13-15,18-19H,5-12H2,2-3H3. The molecule has 0 aliphatic carbocycles. The van der Waals surface area contributed by atoms with Gasteiger partial charge in [-0.25, -0.2) is 15.0 Å². The summed E-state index contributed by atoms with van der Waals surface area (Å²) in [5.74, 6) is 6.66. The molecule has 2 aromatic heterocycles. The first-order chi connectivity index (χ1) is 13.6. The van der Waals surface area contributed by atoms with Gasteiger partial charge in [0, 0.05) is 37.9 Å². The van der Waals surface area contributed by atoms with Crippen LogP contribution in [0.3, 0.4) is 0 Å². The second-order valence-corrected chi connectivity index (χ2v) is 8.00. The number of hydrogen-bond donors (Lipinski definition) is 0. The van der Waals surface area contributed by atoms with Crippen LogP contribution >= 0.6 is 0 Å². The molecule has 0 unspecified atom stereocenters. The second-order valence-electron chi connectivity index (χ2n) is 8.00. The molecule has 2 saturated heterocycles. The highest BCUT2D eigenvalue weighted by Crippen LogP contribution is 2.34. The topological polar surface area (TPSA) is 58.0 Å². The van der Waals surface area contributed by atoms with E-state index in [0.29, 0.717) is 5.82 Å². The Morgan fingerprint density at radius 2 is 1.43 bits per heavy atom. The molecule has 6 nitrogen and oxygen atoms in total. The maximum absolute atomic E-state index is 5.49. The van der Waals surface area contributed by atoms with Gasteiger partial charge in [-0.05, 0) is 57.3 Å². The summed E-state index contributed by atoms with van der Waals surface area (Å²) in [6.07, 6.45) is 14.2. The number of piperidine rings is 2. The summed E-state index contributed by atoms with van der Waals surface area (Å²) < 4.78 is 0. The average molecular weight is 377 g/mol. The Morgan fingerprint density at radius 1 is 0.821 bits per heavy atom. The average Bonchev–Trinajstić information content (AvgIpc) is 2.74. The minimum absolute atomic E-state index is 0.490. The highest BCUT2D eigenvalue weighted by Gasteiger charge is 2.30. The number of nitrogens with zero attached hydrogens (tertiary/aromatic N) is 6. The third kappa shape index (κ3) is 4.09. The van der Waals surface area contributed by atoms with Crippen LogP contribution in [0.4, 0.5) is 11.6 Å². The third-order valence-electron chi connectivity index (χ3n) is 6.13. The van der Waals surface area contributed by atoms with E-state index in [4.69, 9.17) is 6.42 Å². The molecule has 28 heavy (non-hydrogen) atoms. The summed E-state index contributed by atoms with van der Waals surface area (Å²) >= 11 is 0. The number of terminal acetylenes is 1. The van der Waals surface area contributed by atoms with Crippen molar-refractivity contribution in [2.45, 2.75) is 39.5 Å². The summed E-state index contributed by atoms with van der Waals surface area (Å²) in [6.45, 7) is 8.22. The lowest BCUT2D eigenvalue weighted by atomic mass is 9.79. The van der Waals surface area contributed by atoms with E-state index in [1.807, 2.05) is 32.3 Å². The van der Waals surface area contributed by atoms with Gasteiger partial charge in [0.2, 0.25) is 5.82 Å². The van der Waals surface area contributed by atoms with Crippen LogP contribution in [0.1, 0.15) is 42.9 Å². The van der Waals surface area contributed by atoms with Crippen LogP contribution in [0.15, 0.2) is 18.5 Å². The quantitative estimate of drug-likeness (QED) is 0.768. The van der Waals surface area contributed by atoms with Crippen LogP contribution < -0.4 is 9.80 Å². The van der Waals surface area contributed by atoms with E-state index in [1.54, 1.807) is 0 Å². The minimum atomic E-state index is 0.490. The Labute approximate surface area is 167 Å². The van der Waals surface area contributed by atoms with Crippen LogP contribution in [-0.2, 0) is 0 Å². The maximum atomic E-state index is 5.49. The predicted octanol–water partition coefficient (Wildman–Crippen LogP) is 3.00. The van der Waals surface area contributed by atoms with E-state index in [9.17, 15) is 0 Å². The molecule has 0 radical (unpaired) electrons. The van der Waals surface area contributed by atoms with Crippen molar-refractivity contribution >= 4 is 11.6 Å². The highest BCUT2D eigenvalue weighted by atomic mass is 15.2. The van der Waals surface area contributed by atoms with Gasteiger partial charge in [0.1, 0.15) is 11.6 Å². The highest BCUT2D eigenvalue weighted by molar-refractivity contribution is 5.42. The first-order valence-corrected chi connectivity index (χ1v) is 10.2. The van der Waals surface area contributed by atoms with E-state index >= 15 is 0 Å². The van der Waals surface area contributed by atoms with Crippen molar-refractivity contribution in [3.05, 3.63) is 35.7 Å². The summed E-state index contributed by atoms with van der Waals surface area (Å²) in [4.78, 5) is 22.5. The molecular weight excluding hydrogens is 348 g/mol.